The van der Waals surface area contributed by atoms with E-state index in [2.05, 4.69) is 26.0 Å². The van der Waals surface area contributed by atoms with Crippen LogP contribution < -0.4 is 4.74 Å². The molecule has 1 unspecified atom stereocenters. The molecule has 0 amide bonds. The number of ether oxygens (including phenoxy) is 1. The van der Waals surface area contributed by atoms with Gasteiger partial charge in [0.1, 0.15) is 5.75 Å². The smallest absolute Gasteiger partial charge is 0.118 e. The van der Waals surface area contributed by atoms with Crippen LogP contribution in [0, 0.1) is 11.3 Å². The quantitative estimate of drug-likeness (QED) is 0.634. The van der Waals surface area contributed by atoms with E-state index < -0.39 is 0 Å². The maximum Gasteiger partial charge on any atom is 0.118 e. The second-order valence-electron chi connectivity index (χ2n) is 6.69. The summed E-state index contributed by atoms with van der Waals surface area (Å²) in [6.45, 7) is 4.63. The molecule has 2 rings (SSSR count). The summed E-state index contributed by atoms with van der Waals surface area (Å²) in [4.78, 5) is 0. The van der Waals surface area contributed by atoms with Crippen molar-refractivity contribution in [1.29, 1.82) is 0 Å². The molecule has 0 saturated heterocycles. The van der Waals surface area contributed by atoms with E-state index in [4.69, 9.17) is 16.3 Å². The number of hydrogen-bond donors (Lipinski definition) is 0. The van der Waals surface area contributed by atoms with Crippen LogP contribution in [0.2, 0.25) is 0 Å². The zero-order valence-electron chi connectivity index (χ0n) is 13.0. The van der Waals surface area contributed by atoms with Gasteiger partial charge in [0.15, 0.2) is 0 Å². The lowest BCUT2D eigenvalue weighted by molar-refractivity contribution is 0.221. The predicted octanol–water partition coefficient (Wildman–Crippen LogP) is 5.45. The lowest BCUT2D eigenvalue weighted by atomic mass is 9.74. The number of benzene rings is 1. The highest BCUT2D eigenvalue weighted by Crippen LogP contribution is 2.48. The minimum atomic E-state index is 0.251. The Morgan fingerprint density at radius 2 is 1.75 bits per heavy atom. The summed E-state index contributed by atoms with van der Waals surface area (Å²) in [6.07, 6.45) is 7.53. The molecular formula is C18H27ClO. The Balaban J connectivity index is 2.05. The van der Waals surface area contributed by atoms with Crippen molar-refractivity contribution in [3.8, 4) is 5.75 Å². The first kappa shape index (κ1) is 15.7. The summed E-state index contributed by atoms with van der Waals surface area (Å²) in [6, 6.07) is 8.35. The molecular weight excluding hydrogens is 268 g/mol. The molecule has 1 aromatic carbocycles. The van der Waals surface area contributed by atoms with Crippen LogP contribution in [0.4, 0.5) is 0 Å². The third-order valence-corrected chi connectivity index (χ3v) is 5.27. The average Bonchev–Trinajstić information content (AvgIpc) is 2.88. The molecule has 1 atom stereocenters. The van der Waals surface area contributed by atoms with Crippen LogP contribution in [-0.2, 0) is 6.42 Å². The molecule has 2 heteroatoms. The molecule has 1 aliphatic rings. The van der Waals surface area contributed by atoms with Gasteiger partial charge in [-0.05, 0) is 54.7 Å². The van der Waals surface area contributed by atoms with Crippen molar-refractivity contribution in [2.45, 2.75) is 57.7 Å². The van der Waals surface area contributed by atoms with Crippen molar-refractivity contribution in [2.75, 3.05) is 7.11 Å². The Kier molecular flexibility index (Phi) is 5.37. The van der Waals surface area contributed by atoms with Gasteiger partial charge in [-0.3, -0.25) is 0 Å². The van der Waals surface area contributed by atoms with Crippen LogP contribution in [0.25, 0.3) is 0 Å². The van der Waals surface area contributed by atoms with Gasteiger partial charge in [0.05, 0.1) is 7.11 Å². The zero-order chi connectivity index (χ0) is 14.6. The lowest BCUT2D eigenvalue weighted by Crippen LogP contribution is -2.31. The fraction of sp³-hybridized carbons (Fsp3) is 0.667. The van der Waals surface area contributed by atoms with Gasteiger partial charge in [-0.15, -0.1) is 11.6 Å². The summed E-state index contributed by atoms with van der Waals surface area (Å²) in [7, 11) is 1.70. The Morgan fingerprint density at radius 1 is 1.15 bits per heavy atom. The highest BCUT2D eigenvalue weighted by atomic mass is 35.5. The number of halogens is 1. The minimum Gasteiger partial charge on any atom is -0.497 e. The summed E-state index contributed by atoms with van der Waals surface area (Å²) in [5.74, 6) is 1.64. The average molecular weight is 295 g/mol. The van der Waals surface area contributed by atoms with Crippen LogP contribution in [0.1, 0.15) is 51.5 Å². The number of rotatable bonds is 6. The van der Waals surface area contributed by atoms with E-state index in [0.717, 1.165) is 18.1 Å². The Morgan fingerprint density at radius 3 is 2.25 bits per heavy atom. The van der Waals surface area contributed by atoms with Crippen molar-refractivity contribution >= 4 is 11.6 Å². The van der Waals surface area contributed by atoms with Crippen LogP contribution in [0.5, 0.6) is 5.75 Å². The second kappa shape index (κ2) is 6.85. The topological polar surface area (TPSA) is 9.23 Å². The third kappa shape index (κ3) is 3.69. The van der Waals surface area contributed by atoms with Gasteiger partial charge >= 0.3 is 0 Å². The monoisotopic (exact) mass is 294 g/mol. The number of alkyl halides is 1. The Hall–Kier alpha value is -0.690. The van der Waals surface area contributed by atoms with E-state index in [1.807, 2.05) is 12.1 Å². The van der Waals surface area contributed by atoms with E-state index in [1.165, 1.54) is 37.7 Å². The molecule has 1 nitrogen and oxygen atoms in total. The summed E-state index contributed by atoms with van der Waals surface area (Å²) in [5.41, 5.74) is 1.68. The van der Waals surface area contributed by atoms with Crippen molar-refractivity contribution in [3.05, 3.63) is 29.8 Å². The normalized spacial score (nSPS) is 19.2. The largest absolute Gasteiger partial charge is 0.497 e. The van der Waals surface area contributed by atoms with Gasteiger partial charge in [-0.1, -0.05) is 38.8 Å². The molecule has 0 radical (unpaired) electrons. The van der Waals surface area contributed by atoms with E-state index in [0.29, 0.717) is 5.41 Å². The number of methoxy groups -OCH3 is 1. The highest BCUT2D eigenvalue weighted by molar-refractivity contribution is 6.21. The van der Waals surface area contributed by atoms with Gasteiger partial charge in [0, 0.05) is 5.38 Å². The SMILES string of the molecule is COc1ccc(CC(Cl)C2(CC(C)C)CCCC2)cc1. The molecule has 1 fully saturated rings. The Bertz CT molecular complexity index is 404. The van der Waals surface area contributed by atoms with Crippen LogP contribution >= 0.6 is 11.6 Å². The summed E-state index contributed by atoms with van der Waals surface area (Å²) < 4.78 is 5.21. The molecule has 0 aromatic heterocycles. The van der Waals surface area contributed by atoms with Crippen molar-refractivity contribution in [1.82, 2.24) is 0 Å². The molecule has 1 aromatic rings. The second-order valence-corrected chi connectivity index (χ2v) is 7.21. The molecule has 0 spiro atoms. The molecule has 112 valence electrons. The van der Waals surface area contributed by atoms with Gasteiger partial charge < -0.3 is 4.74 Å². The first-order valence-corrected chi connectivity index (χ1v) is 8.26. The molecule has 0 N–H and O–H groups in total. The maximum atomic E-state index is 6.86. The molecule has 20 heavy (non-hydrogen) atoms. The minimum absolute atomic E-state index is 0.251. The lowest BCUT2D eigenvalue weighted by Gasteiger charge is -2.36. The highest BCUT2D eigenvalue weighted by Gasteiger charge is 2.40. The van der Waals surface area contributed by atoms with Crippen LogP contribution in [-0.4, -0.2) is 12.5 Å². The van der Waals surface area contributed by atoms with Crippen LogP contribution in [0.15, 0.2) is 24.3 Å². The summed E-state index contributed by atoms with van der Waals surface area (Å²) in [5, 5.41) is 0.251. The standard InChI is InChI=1S/C18H27ClO/c1-14(2)13-18(10-4-5-11-18)17(19)12-15-6-8-16(20-3)9-7-15/h6-9,14,17H,4-5,10-13H2,1-3H3. The molecule has 0 aliphatic heterocycles. The number of hydrogen-bond acceptors (Lipinski definition) is 1. The predicted molar refractivity (Wildman–Crippen MR) is 86.7 cm³/mol. The van der Waals surface area contributed by atoms with E-state index in [-0.39, 0.29) is 5.38 Å². The fourth-order valence-electron chi connectivity index (χ4n) is 3.72. The molecule has 0 heterocycles. The molecule has 1 aliphatic carbocycles. The van der Waals surface area contributed by atoms with Crippen molar-refractivity contribution in [3.63, 3.8) is 0 Å². The Labute approximate surface area is 128 Å². The van der Waals surface area contributed by atoms with Gasteiger partial charge in [-0.25, -0.2) is 0 Å². The van der Waals surface area contributed by atoms with E-state index in [1.54, 1.807) is 7.11 Å². The van der Waals surface area contributed by atoms with Gasteiger partial charge in [0.25, 0.3) is 0 Å². The van der Waals surface area contributed by atoms with E-state index >= 15 is 0 Å². The van der Waals surface area contributed by atoms with Crippen LogP contribution in [0.3, 0.4) is 0 Å². The summed E-state index contributed by atoms with van der Waals surface area (Å²) >= 11 is 6.86. The third-order valence-electron chi connectivity index (χ3n) is 4.65. The van der Waals surface area contributed by atoms with Crippen molar-refractivity contribution < 1.29 is 4.74 Å². The first-order valence-electron chi connectivity index (χ1n) is 7.83. The zero-order valence-corrected chi connectivity index (χ0v) is 13.7. The maximum absolute atomic E-state index is 6.86. The van der Waals surface area contributed by atoms with Gasteiger partial charge in [-0.2, -0.15) is 0 Å². The van der Waals surface area contributed by atoms with Gasteiger partial charge in [0.2, 0.25) is 0 Å². The van der Waals surface area contributed by atoms with Crippen molar-refractivity contribution in [2.24, 2.45) is 11.3 Å². The first-order chi connectivity index (χ1) is 9.55. The molecule has 1 saturated carbocycles. The molecule has 0 bridgehead atoms. The van der Waals surface area contributed by atoms with E-state index in [9.17, 15) is 0 Å². The fourth-order valence-corrected chi connectivity index (χ4v) is 4.21.